The number of halogens is 1. The molecule has 9 heteroatoms. The molecular weight excluding hydrogens is 384 g/mol. The van der Waals surface area contributed by atoms with Gasteiger partial charge in [-0.15, -0.1) is 4.52 Å². The minimum atomic E-state index is -4.69. The van der Waals surface area contributed by atoms with E-state index in [4.69, 9.17) is 28.7 Å². The second-order valence-electron chi connectivity index (χ2n) is 6.51. The summed E-state index contributed by atoms with van der Waals surface area (Å²) in [5.74, 6) is 0. The van der Waals surface area contributed by atoms with E-state index in [0.29, 0.717) is 0 Å². The molecule has 0 unspecified atom stereocenters. The molecular formula is C19H20ClN4O4+. The average molecular weight is 404 g/mol. The van der Waals surface area contributed by atoms with Crippen molar-refractivity contribution in [2.24, 2.45) is 0 Å². The Morgan fingerprint density at radius 1 is 1.00 bits per heavy atom. The number of pyridine rings is 1. The molecule has 3 aromatic heterocycles. The van der Waals surface area contributed by atoms with E-state index in [1.54, 1.807) is 0 Å². The van der Waals surface area contributed by atoms with Crippen molar-refractivity contribution in [3.63, 3.8) is 0 Å². The first-order valence-corrected chi connectivity index (χ1v) is 9.70. The molecule has 1 aromatic carbocycles. The van der Waals surface area contributed by atoms with Crippen LogP contribution in [0.5, 0.6) is 0 Å². The van der Waals surface area contributed by atoms with Gasteiger partial charge in [-0.25, -0.2) is 4.98 Å². The van der Waals surface area contributed by atoms with Crippen LogP contribution in [-0.4, -0.2) is 19.3 Å². The highest BCUT2D eigenvalue weighted by atomic mass is 35.7. The molecule has 0 bridgehead atoms. The molecule has 0 saturated carbocycles. The first-order valence-electron chi connectivity index (χ1n) is 8.44. The monoisotopic (exact) mass is 403 g/mol. The lowest BCUT2D eigenvalue weighted by Crippen LogP contribution is -2.58. The molecule has 8 nitrogen and oxygen atoms in total. The van der Waals surface area contributed by atoms with E-state index in [1.807, 2.05) is 17.5 Å². The Morgan fingerprint density at radius 3 is 2.21 bits per heavy atom. The van der Waals surface area contributed by atoms with Crippen LogP contribution >= 0.6 is 0 Å². The molecule has 1 N–H and O–H groups in total. The van der Waals surface area contributed by atoms with E-state index in [-0.39, 0.29) is 0 Å². The number of aromatic nitrogens is 4. The molecule has 0 spiro atoms. The van der Waals surface area contributed by atoms with Gasteiger partial charge >= 0.3 is 5.65 Å². The first-order chi connectivity index (χ1) is 13.1. The summed E-state index contributed by atoms with van der Waals surface area (Å²) in [6, 6.07) is 14.6. The zero-order valence-electron chi connectivity index (χ0n) is 15.9. The highest BCUT2D eigenvalue weighted by Gasteiger charge is 2.24. The van der Waals surface area contributed by atoms with Crippen LogP contribution in [0, 0.1) is 37.9 Å². The van der Waals surface area contributed by atoms with Gasteiger partial charge in [0, 0.05) is 5.69 Å². The molecule has 0 aliphatic heterocycles. The molecule has 28 heavy (non-hydrogen) atoms. The summed E-state index contributed by atoms with van der Waals surface area (Å²) in [6.07, 6.45) is 0. The summed E-state index contributed by atoms with van der Waals surface area (Å²) in [7, 11) is -4.69. The molecule has 146 valence electrons. The molecule has 0 radical (unpaired) electrons. The van der Waals surface area contributed by atoms with Crippen molar-refractivity contribution in [1.29, 1.82) is 0 Å². The van der Waals surface area contributed by atoms with Gasteiger partial charge in [-0.1, -0.05) is 18.2 Å². The second-order valence-corrected chi connectivity index (χ2v) is 7.30. The predicted molar refractivity (Wildman–Crippen MR) is 93.2 cm³/mol. The Labute approximate surface area is 163 Å². The van der Waals surface area contributed by atoms with Gasteiger partial charge in [0.05, 0.1) is 25.7 Å². The standard InChI is InChI=1S/C19H19N4.ClHO4/c1-12-10-14(3)22(16-8-6-5-7-9-16)19-17(12)18-20-13(2)11-15(4)23(18)21-19;2-1(3,4)5/h5-11H,1-4H3;(H,2,3,4,5)/q+1;. The number of rotatable bonds is 1. The third kappa shape index (κ3) is 4.11. The molecule has 0 aliphatic carbocycles. The van der Waals surface area contributed by atoms with Gasteiger partial charge in [-0.2, -0.15) is 18.5 Å². The van der Waals surface area contributed by atoms with Gasteiger partial charge in [0.15, 0.2) is 5.65 Å². The van der Waals surface area contributed by atoms with Crippen molar-refractivity contribution >= 4 is 16.7 Å². The van der Waals surface area contributed by atoms with E-state index in [0.717, 1.165) is 33.8 Å². The van der Waals surface area contributed by atoms with Gasteiger partial charge in [0.25, 0.3) is 0 Å². The molecule has 0 fully saturated rings. The number of para-hydroxylation sites is 1. The Morgan fingerprint density at radius 2 is 1.61 bits per heavy atom. The maximum atomic E-state index is 8.60. The van der Waals surface area contributed by atoms with Crippen molar-refractivity contribution < 1.29 is 33.4 Å². The molecule has 4 rings (SSSR count). The van der Waals surface area contributed by atoms with Crippen LogP contribution in [0.15, 0.2) is 42.5 Å². The van der Waals surface area contributed by atoms with Crippen LogP contribution in [0.4, 0.5) is 0 Å². The van der Waals surface area contributed by atoms with Gasteiger partial charge in [0.2, 0.25) is 0 Å². The smallest absolute Gasteiger partial charge is 0.231 e. The Bertz CT molecular complexity index is 1150. The average Bonchev–Trinajstić information content (AvgIpc) is 2.94. The van der Waals surface area contributed by atoms with Crippen molar-refractivity contribution in [2.45, 2.75) is 27.7 Å². The molecule has 0 atom stereocenters. The van der Waals surface area contributed by atoms with Gasteiger partial charge < -0.3 is 0 Å². The van der Waals surface area contributed by atoms with Gasteiger partial charge in [0.1, 0.15) is 16.8 Å². The third-order valence-corrected chi connectivity index (χ3v) is 4.28. The fourth-order valence-corrected chi connectivity index (χ4v) is 3.34. The van der Waals surface area contributed by atoms with Crippen molar-refractivity contribution in [3.05, 3.63) is 65.1 Å². The number of fused-ring (bicyclic) bond motifs is 3. The van der Waals surface area contributed by atoms with Crippen molar-refractivity contribution in [1.82, 2.24) is 14.6 Å². The molecule has 0 amide bonds. The quantitative estimate of drug-likeness (QED) is 0.418. The molecule has 3 heterocycles. The van der Waals surface area contributed by atoms with Crippen LogP contribution in [0.1, 0.15) is 22.6 Å². The minimum absolute atomic E-state index is 0.930. The lowest BCUT2D eigenvalue weighted by Gasteiger charge is -2.05. The summed E-state index contributed by atoms with van der Waals surface area (Å²) >= 11 is 0. The number of aryl methyl sites for hydroxylation is 4. The third-order valence-electron chi connectivity index (χ3n) is 4.28. The maximum absolute atomic E-state index is 8.60. The zero-order valence-corrected chi connectivity index (χ0v) is 16.6. The summed E-state index contributed by atoms with van der Waals surface area (Å²) in [6.45, 7) is 8.35. The SMILES string of the molecule is Cc1cc(C)n2nc3c(c(C)cc(C)[n+]3-c3ccccc3)c2n1.[O-][Cl+3]([O-])([O-])O. The van der Waals surface area contributed by atoms with E-state index >= 15 is 0 Å². The molecule has 0 saturated heterocycles. The van der Waals surface area contributed by atoms with Crippen LogP contribution in [-0.2, 0) is 0 Å². The highest BCUT2D eigenvalue weighted by Crippen LogP contribution is 2.23. The summed E-state index contributed by atoms with van der Waals surface area (Å²) in [5, 5.41) is 5.99. The fraction of sp³-hybridized carbons (Fsp3) is 0.211. The van der Waals surface area contributed by atoms with E-state index in [9.17, 15) is 0 Å². The van der Waals surface area contributed by atoms with Crippen molar-refractivity contribution in [3.8, 4) is 5.69 Å². The topological polar surface area (TPSA) is 123 Å². The zero-order chi connectivity index (χ0) is 20.6. The van der Waals surface area contributed by atoms with Crippen LogP contribution in [0.3, 0.4) is 0 Å². The lowest BCUT2D eigenvalue weighted by molar-refractivity contribution is -1.92. The number of nitrogens with zero attached hydrogens (tertiary/aromatic N) is 4. The number of benzene rings is 1. The Kier molecular flexibility index (Phi) is 5.33. The summed E-state index contributed by atoms with van der Waals surface area (Å²) in [4.78, 5) is 4.74. The minimum Gasteiger partial charge on any atom is -0.231 e. The second kappa shape index (κ2) is 7.42. The molecule has 0 aliphatic rings. The largest absolute Gasteiger partial charge is 0.365 e. The highest BCUT2D eigenvalue weighted by molar-refractivity contribution is 5.91. The summed E-state index contributed by atoms with van der Waals surface area (Å²) in [5.41, 5.74) is 7.49. The maximum Gasteiger partial charge on any atom is 0.365 e. The first kappa shape index (κ1) is 20.1. The lowest BCUT2D eigenvalue weighted by atomic mass is 10.1. The summed E-state index contributed by atoms with van der Waals surface area (Å²) < 4.78 is 36.9. The van der Waals surface area contributed by atoms with E-state index in [1.165, 1.54) is 11.3 Å². The van der Waals surface area contributed by atoms with Gasteiger partial charge in [-0.3, -0.25) is 0 Å². The van der Waals surface area contributed by atoms with Gasteiger partial charge in [-0.05, 0) is 57.5 Å². The number of hydrogen-bond acceptors (Lipinski definition) is 6. The van der Waals surface area contributed by atoms with E-state index in [2.05, 4.69) is 61.7 Å². The predicted octanol–water partition coefficient (Wildman–Crippen LogP) is -0.731. The van der Waals surface area contributed by atoms with E-state index < -0.39 is 10.2 Å². The van der Waals surface area contributed by atoms with Crippen LogP contribution < -0.4 is 18.5 Å². The Hall–Kier alpha value is -2.62. The van der Waals surface area contributed by atoms with Crippen LogP contribution in [0.2, 0.25) is 0 Å². The normalized spacial score (nSPS) is 11.6. The van der Waals surface area contributed by atoms with Crippen molar-refractivity contribution in [2.75, 3.05) is 0 Å². The Balaban J connectivity index is 0.000000403. The molecule has 4 aromatic rings. The fourth-order valence-electron chi connectivity index (χ4n) is 3.34. The number of hydrogen-bond donors (Lipinski definition) is 1. The van der Waals surface area contributed by atoms with Crippen LogP contribution in [0.25, 0.3) is 22.4 Å².